The molecule has 0 saturated carbocycles. The van der Waals surface area contributed by atoms with Gasteiger partial charge in [-0.2, -0.15) is 0 Å². The van der Waals surface area contributed by atoms with Gasteiger partial charge in [-0.15, -0.1) is 0 Å². The van der Waals surface area contributed by atoms with Crippen LogP contribution < -0.4 is 0 Å². The Kier molecular flexibility index (Phi) is 2.77. The first-order chi connectivity index (χ1) is 5.94. The zero-order valence-electron chi connectivity index (χ0n) is 7.41. The second-order valence-corrected chi connectivity index (χ2v) is 3.86. The summed E-state index contributed by atoms with van der Waals surface area (Å²) >= 11 is 3.15. The minimum atomic E-state index is -1.95. The molecule has 0 amide bonds. The Bertz CT molecular complexity index is 253. The zero-order chi connectivity index (χ0) is 10.2. The van der Waals surface area contributed by atoms with Gasteiger partial charge in [0.2, 0.25) is 5.60 Å². The molecule has 0 aromatic heterocycles. The third kappa shape index (κ3) is 1.40. The summed E-state index contributed by atoms with van der Waals surface area (Å²) < 4.78 is 4.84. The van der Waals surface area contributed by atoms with Crippen LogP contribution in [-0.4, -0.2) is 33.9 Å². The number of ketones is 1. The van der Waals surface area contributed by atoms with E-state index in [-0.39, 0.29) is 0 Å². The number of carbonyl (C=O) groups excluding carboxylic acids is 2. The molecule has 13 heavy (non-hydrogen) atoms. The molecule has 74 valence electrons. The highest BCUT2D eigenvalue weighted by atomic mass is 79.9. The molecule has 0 spiro atoms. The number of halogens is 1. The largest absolute Gasteiger partial charge is 0.459 e. The van der Waals surface area contributed by atoms with Crippen molar-refractivity contribution in [2.75, 3.05) is 5.33 Å². The van der Waals surface area contributed by atoms with Gasteiger partial charge in [-0.05, 0) is 6.92 Å². The van der Waals surface area contributed by atoms with Crippen molar-refractivity contribution in [1.29, 1.82) is 0 Å². The third-order valence-corrected chi connectivity index (χ3v) is 3.11. The van der Waals surface area contributed by atoms with Crippen molar-refractivity contribution in [1.82, 2.24) is 0 Å². The van der Waals surface area contributed by atoms with Crippen LogP contribution in [0.4, 0.5) is 0 Å². The number of alkyl halides is 1. The maximum absolute atomic E-state index is 11.2. The normalized spacial score (nSPS) is 38.9. The molecule has 0 bridgehead atoms. The first-order valence-corrected chi connectivity index (χ1v) is 5.07. The molecule has 4 nitrogen and oxygen atoms in total. The Morgan fingerprint density at radius 3 is 2.54 bits per heavy atom. The summed E-state index contributed by atoms with van der Waals surface area (Å²) in [6, 6.07) is 0. The number of cyclic esters (lactones) is 1. The topological polar surface area (TPSA) is 63.6 Å². The number of rotatable bonds is 2. The summed E-state index contributed by atoms with van der Waals surface area (Å²) in [6.07, 6.45) is -0.429. The second kappa shape index (κ2) is 3.38. The molecule has 1 fully saturated rings. The van der Waals surface area contributed by atoms with Gasteiger partial charge < -0.3 is 9.84 Å². The highest BCUT2D eigenvalue weighted by Crippen LogP contribution is 2.33. The zero-order valence-corrected chi connectivity index (χ0v) is 9.00. The number of carbonyl (C=O) groups is 2. The number of ether oxygens (including phenoxy) is 1. The summed E-state index contributed by atoms with van der Waals surface area (Å²) in [6.45, 7) is 2.81. The fourth-order valence-corrected chi connectivity index (χ4v) is 2.11. The van der Waals surface area contributed by atoms with E-state index < -0.39 is 29.4 Å². The van der Waals surface area contributed by atoms with Crippen LogP contribution >= 0.6 is 15.9 Å². The molecule has 3 atom stereocenters. The first-order valence-electron chi connectivity index (χ1n) is 3.95. The fraction of sp³-hybridized carbons (Fsp3) is 0.750. The van der Waals surface area contributed by atoms with E-state index in [9.17, 15) is 14.7 Å². The van der Waals surface area contributed by atoms with Crippen molar-refractivity contribution in [2.45, 2.75) is 25.6 Å². The van der Waals surface area contributed by atoms with E-state index in [0.717, 1.165) is 0 Å². The Hall–Kier alpha value is -0.420. The van der Waals surface area contributed by atoms with Crippen molar-refractivity contribution in [3.63, 3.8) is 0 Å². The molecule has 1 N–H and O–H groups in total. The number of Topliss-reactive ketones (excluding diaryl/α,β-unsaturated/α-hetero) is 1. The molecule has 1 aliphatic rings. The monoisotopic (exact) mass is 250 g/mol. The van der Waals surface area contributed by atoms with Crippen LogP contribution in [0.15, 0.2) is 0 Å². The van der Waals surface area contributed by atoms with Gasteiger partial charge in [0.1, 0.15) is 6.10 Å². The van der Waals surface area contributed by atoms with Crippen LogP contribution in [-0.2, 0) is 14.3 Å². The van der Waals surface area contributed by atoms with Gasteiger partial charge in [-0.25, -0.2) is 4.79 Å². The highest BCUT2D eigenvalue weighted by Gasteiger charge is 2.57. The lowest BCUT2D eigenvalue weighted by molar-refractivity contribution is -0.160. The lowest BCUT2D eigenvalue weighted by Gasteiger charge is -2.20. The molecule has 0 aromatic rings. The quantitative estimate of drug-likeness (QED) is 0.434. The molecule has 5 heteroatoms. The smallest absolute Gasteiger partial charge is 0.346 e. The molecular formula is C8H11BrO4. The van der Waals surface area contributed by atoms with Crippen molar-refractivity contribution in [2.24, 2.45) is 5.92 Å². The summed E-state index contributed by atoms with van der Waals surface area (Å²) in [5.74, 6) is -1.90. The summed E-state index contributed by atoms with van der Waals surface area (Å²) in [5.41, 5.74) is -1.95. The van der Waals surface area contributed by atoms with Gasteiger partial charge in [0.05, 0.1) is 0 Å². The van der Waals surface area contributed by atoms with Crippen molar-refractivity contribution in [3.8, 4) is 0 Å². The minimum absolute atomic E-state index is 0.426. The van der Waals surface area contributed by atoms with Gasteiger partial charge >= 0.3 is 5.97 Å². The summed E-state index contributed by atoms with van der Waals surface area (Å²) in [4.78, 5) is 22.3. The predicted molar refractivity (Wildman–Crippen MR) is 48.5 cm³/mol. The molecule has 1 saturated heterocycles. The van der Waals surface area contributed by atoms with Crippen molar-refractivity contribution < 1.29 is 19.4 Å². The van der Waals surface area contributed by atoms with Crippen LogP contribution in [0.1, 0.15) is 13.8 Å². The van der Waals surface area contributed by atoms with E-state index in [0.29, 0.717) is 5.33 Å². The summed E-state index contributed by atoms with van der Waals surface area (Å²) in [5, 5.41) is 10.2. The van der Waals surface area contributed by atoms with E-state index in [4.69, 9.17) is 4.74 Å². The summed E-state index contributed by atoms with van der Waals surface area (Å²) in [7, 11) is 0. The van der Waals surface area contributed by atoms with Gasteiger partial charge in [-0.1, -0.05) is 22.9 Å². The van der Waals surface area contributed by atoms with E-state index in [1.54, 1.807) is 6.92 Å². The molecule has 0 radical (unpaired) electrons. The molecule has 0 unspecified atom stereocenters. The first kappa shape index (κ1) is 10.7. The molecule has 0 aliphatic carbocycles. The average Bonchev–Trinajstić information content (AvgIpc) is 2.30. The fourth-order valence-electron chi connectivity index (χ4n) is 1.41. The van der Waals surface area contributed by atoms with Gasteiger partial charge in [0.25, 0.3) is 0 Å². The Morgan fingerprint density at radius 1 is 1.77 bits per heavy atom. The van der Waals surface area contributed by atoms with Crippen LogP contribution in [0, 0.1) is 5.92 Å². The molecular weight excluding hydrogens is 240 g/mol. The maximum atomic E-state index is 11.2. The van der Waals surface area contributed by atoms with Crippen molar-refractivity contribution in [3.05, 3.63) is 0 Å². The standard InChI is InChI=1S/C8H11BrO4/c1-4-6(3-9)13-7(11)8(4,12)5(2)10/h4,6,12H,3H2,1-2H3/t4-,6+,8+/m0/s1. The second-order valence-electron chi connectivity index (χ2n) is 3.21. The molecule has 1 heterocycles. The highest BCUT2D eigenvalue weighted by molar-refractivity contribution is 9.09. The van der Waals surface area contributed by atoms with E-state index in [1.165, 1.54) is 6.92 Å². The third-order valence-electron chi connectivity index (χ3n) is 2.48. The number of hydrogen-bond donors (Lipinski definition) is 1. The van der Waals surface area contributed by atoms with Gasteiger partial charge in [-0.3, -0.25) is 4.79 Å². The lowest BCUT2D eigenvalue weighted by atomic mass is 9.85. The number of hydrogen-bond acceptors (Lipinski definition) is 4. The Balaban J connectivity index is 2.99. The maximum Gasteiger partial charge on any atom is 0.346 e. The van der Waals surface area contributed by atoms with E-state index in [2.05, 4.69) is 15.9 Å². The Labute approximate surface area is 84.4 Å². The lowest BCUT2D eigenvalue weighted by Crippen LogP contribution is -2.47. The molecule has 1 aliphatic heterocycles. The van der Waals surface area contributed by atoms with Gasteiger partial charge in [0.15, 0.2) is 5.78 Å². The predicted octanol–water partition coefficient (Wildman–Crippen LogP) is 0.263. The Morgan fingerprint density at radius 2 is 2.31 bits per heavy atom. The number of aliphatic hydroxyl groups is 1. The minimum Gasteiger partial charge on any atom is -0.459 e. The number of esters is 1. The van der Waals surface area contributed by atoms with Crippen LogP contribution in [0.3, 0.4) is 0 Å². The molecule has 1 rings (SSSR count). The van der Waals surface area contributed by atoms with Crippen LogP contribution in [0.5, 0.6) is 0 Å². The van der Waals surface area contributed by atoms with E-state index >= 15 is 0 Å². The molecule has 0 aromatic carbocycles. The average molecular weight is 251 g/mol. The SMILES string of the molecule is CC(=O)[C@@]1(O)C(=O)O[C@H](CBr)[C@@H]1C. The van der Waals surface area contributed by atoms with Crippen LogP contribution in [0.2, 0.25) is 0 Å². The van der Waals surface area contributed by atoms with Gasteiger partial charge in [0, 0.05) is 11.2 Å². The van der Waals surface area contributed by atoms with Crippen LogP contribution in [0.25, 0.3) is 0 Å². The van der Waals surface area contributed by atoms with E-state index in [1.807, 2.05) is 0 Å². The van der Waals surface area contributed by atoms with Crippen molar-refractivity contribution >= 4 is 27.7 Å².